The fraction of sp³-hybridized carbons (Fsp3) is 0.188. The van der Waals surface area contributed by atoms with Crippen LogP contribution in [0.25, 0.3) is 0 Å². The number of carbonyl (C=O) groups is 1. The maximum absolute atomic E-state index is 12.3. The molecule has 0 bridgehead atoms. The topological polar surface area (TPSA) is 74.0 Å². The summed E-state index contributed by atoms with van der Waals surface area (Å²) in [5, 5.41) is 11.7. The number of nitrogens with zero attached hydrogens (tertiary/aromatic N) is 4. The second-order valence-corrected chi connectivity index (χ2v) is 5.58. The zero-order chi connectivity index (χ0) is 16.9. The summed E-state index contributed by atoms with van der Waals surface area (Å²) in [6.45, 7) is 0.528. The van der Waals surface area contributed by atoms with Crippen LogP contribution in [0.15, 0.2) is 48.9 Å². The van der Waals surface area contributed by atoms with Crippen LogP contribution in [0.1, 0.15) is 16.1 Å². The Balaban J connectivity index is 1.59. The van der Waals surface area contributed by atoms with Gasteiger partial charge in [-0.1, -0.05) is 11.6 Å². The van der Waals surface area contributed by atoms with Crippen LogP contribution >= 0.6 is 11.6 Å². The van der Waals surface area contributed by atoms with Crippen LogP contribution in [0.3, 0.4) is 0 Å². The monoisotopic (exact) mass is 345 g/mol. The number of amides is 1. The van der Waals surface area contributed by atoms with Crippen LogP contribution in [-0.2, 0) is 20.3 Å². The Bertz CT molecular complexity index is 825. The molecule has 0 spiro atoms. The van der Waals surface area contributed by atoms with Gasteiger partial charge in [-0.15, -0.1) is 0 Å². The lowest BCUT2D eigenvalue weighted by Gasteiger charge is -2.10. The highest BCUT2D eigenvalue weighted by Gasteiger charge is 2.12. The van der Waals surface area contributed by atoms with Gasteiger partial charge in [0.05, 0.1) is 6.20 Å². The Kier molecular flexibility index (Phi) is 4.81. The molecule has 1 aromatic carbocycles. The van der Waals surface area contributed by atoms with Gasteiger partial charge in [0.25, 0.3) is 5.91 Å². The van der Waals surface area contributed by atoms with E-state index in [1.165, 1.54) is 4.68 Å². The highest BCUT2D eigenvalue weighted by atomic mass is 35.5. The average molecular weight is 346 g/mol. The first-order valence-corrected chi connectivity index (χ1v) is 7.65. The van der Waals surface area contributed by atoms with Gasteiger partial charge in [0.1, 0.15) is 11.4 Å². The van der Waals surface area contributed by atoms with Crippen molar-refractivity contribution in [1.29, 1.82) is 0 Å². The molecule has 0 radical (unpaired) electrons. The molecule has 3 rings (SSSR count). The maximum atomic E-state index is 12.3. The first-order valence-electron chi connectivity index (χ1n) is 7.28. The average Bonchev–Trinajstić information content (AvgIpc) is 3.21. The number of aromatic nitrogens is 4. The van der Waals surface area contributed by atoms with Gasteiger partial charge in [0.2, 0.25) is 0 Å². The molecule has 0 saturated carbocycles. The van der Waals surface area contributed by atoms with E-state index in [-0.39, 0.29) is 12.6 Å². The Morgan fingerprint density at radius 1 is 1.25 bits per heavy atom. The number of ether oxygens (including phenoxy) is 1. The molecule has 24 heavy (non-hydrogen) atoms. The standard InChI is InChI=1S/C16H16ClN5O2/c1-21-10-12(9-20-21)8-18-16(23)15-6-7-19-22(15)11-24-14-4-2-13(17)3-5-14/h2-7,9-10H,8,11H2,1H3,(H,18,23). The molecule has 8 heteroatoms. The molecule has 0 aliphatic rings. The van der Waals surface area contributed by atoms with Crippen LogP contribution in [0.5, 0.6) is 5.75 Å². The maximum Gasteiger partial charge on any atom is 0.269 e. The molecule has 0 fully saturated rings. The van der Waals surface area contributed by atoms with Gasteiger partial charge in [0.15, 0.2) is 6.73 Å². The van der Waals surface area contributed by atoms with Gasteiger partial charge in [-0.2, -0.15) is 10.2 Å². The molecule has 0 aliphatic heterocycles. The zero-order valence-electron chi connectivity index (χ0n) is 13.0. The molecule has 0 aliphatic carbocycles. The molecule has 2 aromatic heterocycles. The van der Waals surface area contributed by atoms with Crippen LogP contribution in [0.4, 0.5) is 0 Å². The van der Waals surface area contributed by atoms with E-state index in [1.54, 1.807) is 47.4 Å². The van der Waals surface area contributed by atoms with Crippen LogP contribution in [-0.4, -0.2) is 25.5 Å². The molecule has 7 nitrogen and oxygen atoms in total. The van der Waals surface area contributed by atoms with E-state index in [0.717, 1.165) is 5.56 Å². The van der Waals surface area contributed by atoms with E-state index in [4.69, 9.17) is 16.3 Å². The Labute approximate surface area is 143 Å². The molecule has 124 valence electrons. The third kappa shape index (κ3) is 3.94. The molecule has 0 saturated heterocycles. The predicted octanol–water partition coefficient (Wildman–Crippen LogP) is 2.24. The summed E-state index contributed by atoms with van der Waals surface area (Å²) in [6.07, 6.45) is 5.12. The van der Waals surface area contributed by atoms with Gasteiger partial charge in [-0.05, 0) is 30.3 Å². The quantitative estimate of drug-likeness (QED) is 0.743. The minimum Gasteiger partial charge on any atom is -0.471 e. The summed E-state index contributed by atoms with van der Waals surface area (Å²) in [6, 6.07) is 8.63. The predicted molar refractivity (Wildman–Crippen MR) is 88.7 cm³/mol. The summed E-state index contributed by atoms with van der Waals surface area (Å²) >= 11 is 5.83. The summed E-state index contributed by atoms with van der Waals surface area (Å²) < 4.78 is 8.79. The Morgan fingerprint density at radius 2 is 2.04 bits per heavy atom. The molecule has 3 aromatic rings. The van der Waals surface area contributed by atoms with E-state index in [9.17, 15) is 4.79 Å². The number of carbonyl (C=O) groups excluding carboxylic acids is 1. The van der Waals surface area contributed by atoms with Crippen molar-refractivity contribution in [1.82, 2.24) is 24.9 Å². The molecule has 1 N–H and O–H groups in total. The molecular weight excluding hydrogens is 330 g/mol. The minimum absolute atomic E-state index is 0.129. The number of benzene rings is 1. The van der Waals surface area contributed by atoms with Crippen molar-refractivity contribution < 1.29 is 9.53 Å². The lowest BCUT2D eigenvalue weighted by molar-refractivity contribution is 0.0929. The number of hydrogen-bond acceptors (Lipinski definition) is 4. The summed E-state index contributed by atoms with van der Waals surface area (Å²) in [5.41, 5.74) is 1.35. The third-order valence-corrected chi connectivity index (χ3v) is 3.58. The van der Waals surface area contributed by atoms with Crippen molar-refractivity contribution >= 4 is 17.5 Å². The molecule has 0 atom stereocenters. The summed E-state index contributed by atoms with van der Waals surface area (Å²) in [5.74, 6) is 0.424. The van der Waals surface area contributed by atoms with Crippen molar-refractivity contribution in [3.63, 3.8) is 0 Å². The van der Waals surface area contributed by atoms with Crippen molar-refractivity contribution in [2.45, 2.75) is 13.3 Å². The summed E-state index contributed by atoms with van der Waals surface area (Å²) in [7, 11) is 1.83. The minimum atomic E-state index is -0.226. The third-order valence-electron chi connectivity index (χ3n) is 3.33. The number of rotatable bonds is 6. The van der Waals surface area contributed by atoms with E-state index < -0.39 is 0 Å². The first kappa shape index (κ1) is 16.1. The van der Waals surface area contributed by atoms with Crippen LogP contribution in [0, 0.1) is 0 Å². The normalized spacial score (nSPS) is 10.6. The number of hydrogen-bond donors (Lipinski definition) is 1. The van der Waals surface area contributed by atoms with Gasteiger partial charge < -0.3 is 10.1 Å². The van der Waals surface area contributed by atoms with Gasteiger partial charge in [-0.25, -0.2) is 4.68 Å². The smallest absolute Gasteiger partial charge is 0.269 e. The van der Waals surface area contributed by atoms with Crippen LogP contribution < -0.4 is 10.1 Å². The van der Waals surface area contributed by atoms with Crippen molar-refractivity contribution in [3.05, 3.63) is 65.2 Å². The van der Waals surface area contributed by atoms with Gasteiger partial charge in [0, 0.05) is 36.6 Å². The first-order chi connectivity index (χ1) is 11.6. The molecule has 2 heterocycles. The second kappa shape index (κ2) is 7.18. The van der Waals surface area contributed by atoms with Crippen molar-refractivity contribution in [3.8, 4) is 5.75 Å². The van der Waals surface area contributed by atoms with E-state index >= 15 is 0 Å². The molecular formula is C16H16ClN5O2. The lowest BCUT2D eigenvalue weighted by atomic mass is 10.3. The highest BCUT2D eigenvalue weighted by molar-refractivity contribution is 6.30. The van der Waals surface area contributed by atoms with E-state index in [0.29, 0.717) is 23.0 Å². The lowest BCUT2D eigenvalue weighted by Crippen LogP contribution is -2.26. The Hall–Kier alpha value is -2.80. The van der Waals surface area contributed by atoms with E-state index in [1.807, 2.05) is 13.2 Å². The van der Waals surface area contributed by atoms with Gasteiger partial charge in [-0.3, -0.25) is 9.48 Å². The highest BCUT2D eigenvalue weighted by Crippen LogP contribution is 2.16. The van der Waals surface area contributed by atoms with Crippen molar-refractivity contribution in [2.24, 2.45) is 7.05 Å². The van der Waals surface area contributed by atoms with E-state index in [2.05, 4.69) is 15.5 Å². The second-order valence-electron chi connectivity index (χ2n) is 5.15. The van der Waals surface area contributed by atoms with Gasteiger partial charge >= 0.3 is 0 Å². The molecule has 0 unspecified atom stereocenters. The van der Waals surface area contributed by atoms with Crippen LogP contribution in [0.2, 0.25) is 5.02 Å². The SMILES string of the molecule is Cn1cc(CNC(=O)c2ccnn2COc2ccc(Cl)cc2)cn1. The zero-order valence-corrected chi connectivity index (χ0v) is 13.8. The largest absolute Gasteiger partial charge is 0.471 e. The fourth-order valence-electron chi connectivity index (χ4n) is 2.13. The van der Waals surface area contributed by atoms with Crippen molar-refractivity contribution in [2.75, 3.05) is 0 Å². The number of halogens is 1. The number of nitrogens with one attached hydrogen (secondary N) is 1. The Morgan fingerprint density at radius 3 is 2.75 bits per heavy atom. The molecule has 1 amide bonds. The number of aryl methyl sites for hydroxylation is 1. The fourth-order valence-corrected chi connectivity index (χ4v) is 2.26. The summed E-state index contributed by atoms with van der Waals surface area (Å²) in [4.78, 5) is 12.3.